The average molecular weight is 555 g/mol. The zero-order chi connectivity index (χ0) is 26.8. The molecule has 8 bridgehead atoms. The highest BCUT2D eigenvalue weighted by atomic mass is 31.0. The third kappa shape index (κ3) is 2.83. The molecule has 1 saturated carbocycles. The Bertz CT molecular complexity index is 877. The first-order valence-electron chi connectivity index (χ1n) is 14.5. The first-order chi connectivity index (χ1) is 16.9. The fourth-order valence-electron chi connectivity index (χ4n) is 12.8. The fraction of sp³-hybridized carbons (Fsp3) is 1.00. The van der Waals surface area contributed by atoms with Crippen LogP contribution in [0.15, 0.2) is 0 Å². The van der Waals surface area contributed by atoms with Crippen LogP contribution in [0.25, 0.3) is 0 Å². The standard InChI is InChI=1S/C29H48O6P2/c1-20-12-24(5)31-21(2,13-25(6,30-20)34-24)28(20,16-36)18-10-9-11-19(18)29(17-37)22(3)14-26(7)33-23(29,4)15-27(8,32-22)35-26/h18-19H,9-17,36-37H2,1-8H3/t18-,19+,20?,21?,22?,23?,24?,25?,26?,27?,28?,29?. The second-order valence-corrected chi connectivity index (χ2v) is 16.1. The largest absolute Gasteiger partial charge is 0.343 e. The Labute approximate surface area is 227 Å². The van der Waals surface area contributed by atoms with Crippen molar-refractivity contribution in [2.75, 3.05) is 12.3 Å². The normalized spacial score (nSPS) is 67.6. The van der Waals surface area contributed by atoms with Crippen LogP contribution in [-0.4, -0.2) is 57.9 Å². The lowest BCUT2D eigenvalue weighted by molar-refractivity contribution is -0.559. The maximum absolute atomic E-state index is 7.05. The highest BCUT2D eigenvalue weighted by Crippen LogP contribution is 2.77. The minimum atomic E-state index is -0.613. The van der Waals surface area contributed by atoms with Gasteiger partial charge in [-0.05, 0) is 92.4 Å². The van der Waals surface area contributed by atoms with E-state index in [2.05, 4.69) is 73.9 Å². The second kappa shape index (κ2) is 6.97. The quantitative estimate of drug-likeness (QED) is 0.412. The van der Waals surface area contributed by atoms with E-state index >= 15 is 0 Å². The number of ether oxygens (including phenoxy) is 6. The van der Waals surface area contributed by atoms with Crippen LogP contribution in [0.3, 0.4) is 0 Å². The third-order valence-corrected chi connectivity index (χ3v) is 13.8. The molecule has 0 spiro atoms. The summed E-state index contributed by atoms with van der Waals surface area (Å²) in [7, 11) is 6.29. The topological polar surface area (TPSA) is 55.4 Å². The van der Waals surface area contributed by atoms with Gasteiger partial charge in [0.15, 0.2) is 23.1 Å². The van der Waals surface area contributed by atoms with Crippen molar-refractivity contribution in [2.45, 2.75) is 146 Å². The number of hydrogen-bond donors (Lipinski definition) is 0. The van der Waals surface area contributed by atoms with Gasteiger partial charge in [-0.15, -0.1) is 18.5 Å². The highest BCUT2D eigenvalue weighted by Gasteiger charge is 2.83. The first-order valence-corrected chi connectivity index (χ1v) is 16.2. The summed E-state index contributed by atoms with van der Waals surface area (Å²) in [6, 6.07) is 0. The molecule has 0 aromatic rings. The molecule has 37 heavy (non-hydrogen) atoms. The Balaban J connectivity index is 1.40. The Morgan fingerprint density at radius 3 is 1.00 bits per heavy atom. The molecule has 0 N–H and O–H groups in total. The molecule has 8 aliphatic heterocycles. The van der Waals surface area contributed by atoms with E-state index in [0.29, 0.717) is 11.8 Å². The molecule has 8 heteroatoms. The fourth-order valence-corrected chi connectivity index (χ4v) is 15.1. The molecule has 9 aliphatic rings. The maximum atomic E-state index is 7.05. The summed E-state index contributed by atoms with van der Waals surface area (Å²) in [6.45, 7) is 17.9. The minimum absolute atomic E-state index is 0.173. The molecule has 0 aromatic heterocycles. The molecule has 0 radical (unpaired) electrons. The highest BCUT2D eigenvalue weighted by molar-refractivity contribution is 7.16. The molecule has 12 atom stereocenters. The van der Waals surface area contributed by atoms with Crippen molar-refractivity contribution < 1.29 is 28.4 Å². The van der Waals surface area contributed by atoms with E-state index in [9.17, 15) is 0 Å². The van der Waals surface area contributed by atoms with Crippen molar-refractivity contribution >= 4 is 18.5 Å². The van der Waals surface area contributed by atoms with Gasteiger partial charge in [0.25, 0.3) is 0 Å². The molecule has 10 unspecified atom stereocenters. The molecular weight excluding hydrogens is 506 g/mol. The van der Waals surface area contributed by atoms with E-state index < -0.39 is 23.1 Å². The van der Waals surface area contributed by atoms with Crippen molar-refractivity contribution in [1.29, 1.82) is 0 Å². The predicted molar refractivity (Wildman–Crippen MR) is 147 cm³/mol. The zero-order valence-corrected chi connectivity index (χ0v) is 26.4. The van der Waals surface area contributed by atoms with E-state index in [-0.39, 0.29) is 33.2 Å². The predicted octanol–water partition coefficient (Wildman–Crippen LogP) is 5.77. The van der Waals surface area contributed by atoms with Gasteiger partial charge in [0.1, 0.15) is 0 Å². The zero-order valence-electron chi connectivity index (χ0n) is 24.1. The van der Waals surface area contributed by atoms with Gasteiger partial charge in [0.2, 0.25) is 0 Å². The SMILES string of the molecule is CC12CC3(C)OC(C)(CC(C)(O1)C3(CP)[C@@H]1CCC[C@@H]1C1(CP)C3(C)CC4(C)OC(C)(CC1(C)O4)O3)O2. The smallest absolute Gasteiger partial charge is 0.172 e. The number of hydrogen-bond acceptors (Lipinski definition) is 6. The van der Waals surface area contributed by atoms with Gasteiger partial charge in [-0.3, -0.25) is 0 Å². The average Bonchev–Trinajstić information content (AvgIpc) is 3.11. The van der Waals surface area contributed by atoms with Crippen molar-refractivity contribution in [2.24, 2.45) is 22.7 Å². The van der Waals surface area contributed by atoms with Crippen LogP contribution in [-0.2, 0) is 28.4 Å². The van der Waals surface area contributed by atoms with Gasteiger partial charge < -0.3 is 28.4 Å². The Morgan fingerprint density at radius 2 is 0.757 bits per heavy atom. The lowest BCUT2D eigenvalue weighted by atomic mass is 9.42. The molecule has 8 heterocycles. The molecule has 9 rings (SSSR count). The molecule has 8 saturated heterocycles. The van der Waals surface area contributed by atoms with Gasteiger partial charge in [0, 0.05) is 36.5 Å². The Hall–Kier alpha value is 0.620. The van der Waals surface area contributed by atoms with Crippen molar-refractivity contribution in [3.63, 3.8) is 0 Å². The molecule has 0 aromatic carbocycles. The monoisotopic (exact) mass is 554 g/mol. The lowest BCUT2D eigenvalue weighted by Gasteiger charge is -2.79. The van der Waals surface area contributed by atoms with Crippen LogP contribution in [0.1, 0.15) is 100 Å². The van der Waals surface area contributed by atoms with Crippen LogP contribution in [0, 0.1) is 22.7 Å². The summed E-state index contributed by atoms with van der Waals surface area (Å²) in [5, 5.41) is 0. The third-order valence-electron chi connectivity index (χ3n) is 12.5. The molecule has 1 aliphatic carbocycles. The number of rotatable bonds is 4. The summed E-state index contributed by atoms with van der Waals surface area (Å²) in [6.07, 6.45) is 8.45. The molecule has 210 valence electrons. The van der Waals surface area contributed by atoms with Crippen molar-refractivity contribution in [1.82, 2.24) is 0 Å². The Kier molecular flexibility index (Phi) is 5.00. The summed E-state index contributed by atoms with van der Waals surface area (Å²) >= 11 is 0. The molecular formula is C29H48O6P2. The molecule has 6 nitrogen and oxygen atoms in total. The minimum Gasteiger partial charge on any atom is -0.343 e. The van der Waals surface area contributed by atoms with E-state index in [1.165, 1.54) is 19.3 Å². The summed E-state index contributed by atoms with van der Waals surface area (Å²) in [4.78, 5) is 0. The van der Waals surface area contributed by atoms with Gasteiger partial charge in [0.05, 0.1) is 22.4 Å². The van der Waals surface area contributed by atoms with Gasteiger partial charge in [-0.25, -0.2) is 0 Å². The summed E-state index contributed by atoms with van der Waals surface area (Å²) < 4.78 is 41.1. The summed E-state index contributed by atoms with van der Waals surface area (Å²) in [5.41, 5.74) is -1.76. The van der Waals surface area contributed by atoms with Crippen molar-refractivity contribution in [3.05, 3.63) is 0 Å². The summed E-state index contributed by atoms with van der Waals surface area (Å²) in [5.74, 6) is -1.63. The van der Waals surface area contributed by atoms with E-state index in [0.717, 1.165) is 38.0 Å². The van der Waals surface area contributed by atoms with Crippen molar-refractivity contribution in [3.8, 4) is 0 Å². The molecule has 0 amide bonds. The first kappa shape index (κ1) is 26.5. The van der Waals surface area contributed by atoms with Crippen LogP contribution in [0.5, 0.6) is 0 Å². The Morgan fingerprint density at radius 1 is 0.486 bits per heavy atom. The molecule has 9 fully saturated rings. The van der Waals surface area contributed by atoms with Crippen LogP contribution in [0.2, 0.25) is 0 Å². The van der Waals surface area contributed by atoms with E-state index in [1.807, 2.05) is 0 Å². The van der Waals surface area contributed by atoms with Crippen LogP contribution >= 0.6 is 18.5 Å². The van der Waals surface area contributed by atoms with Gasteiger partial charge >= 0.3 is 0 Å². The van der Waals surface area contributed by atoms with Crippen LogP contribution < -0.4 is 0 Å². The second-order valence-electron chi connectivity index (χ2n) is 15.3. The van der Waals surface area contributed by atoms with E-state index in [4.69, 9.17) is 28.4 Å². The maximum Gasteiger partial charge on any atom is 0.172 e. The lowest BCUT2D eigenvalue weighted by Crippen LogP contribution is -2.86. The van der Waals surface area contributed by atoms with Gasteiger partial charge in [-0.2, -0.15) is 0 Å². The van der Waals surface area contributed by atoms with E-state index in [1.54, 1.807) is 0 Å². The van der Waals surface area contributed by atoms with Gasteiger partial charge in [-0.1, -0.05) is 6.42 Å². The van der Waals surface area contributed by atoms with Crippen LogP contribution in [0.4, 0.5) is 0 Å².